The third-order valence-corrected chi connectivity index (χ3v) is 2.99. The lowest BCUT2D eigenvalue weighted by molar-refractivity contribution is -0.146. The summed E-state index contributed by atoms with van der Waals surface area (Å²) >= 11 is 2.00. The zero-order valence-corrected chi connectivity index (χ0v) is 7.03. The van der Waals surface area contributed by atoms with E-state index >= 15 is 0 Å². The Bertz CT molecular complexity index is 136. The van der Waals surface area contributed by atoms with Crippen molar-refractivity contribution in [1.82, 2.24) is 0 Å². The average molecular weight is 242 g/mol. The molecular formula is C5H7IO3. The Labute approximate surface area is 66.5 Å². The van der Waals surface area contributed by atoms with Gasteiger partial charge in [0.15, 0.2) is 6.10 Å². The molecule has 3 unspecified atom stereocenters. The van der Waals surface area contributed by atoms with Gasteiger partial charge in [0.1, 0.15) is 6.10 Å². The summed E-state index contributed by atoms with van der Waals surface area (Å²) in [6.45, 7) is 1.77. The fourth-order valence-electron chi connectivity index (χ4n) is 0.705. The molecule has 4 heteroatoms. The van der Waals surface area contributed by atoms with Gasteiger partial charge in [-0.1, -0.05) is 22.6 Å². The van der Waals surface area contributed by atoms with Gasteiger partial charge in [0.05, 0.1) is 3.92 Å². The molecule has 0 radical (unpaired) electrons. The van der Waals surface area contributed by atoms with E-state index in [0.29, 0.717) is 0 Å². The minimum atomic E-state index is -0.916. The number of halogens is 1. The molecule has 0 bridgehead atoms. The van der Waals surface area contributed by atoms with Gasteiger partial charge < -0.3 is 9.84 Å². The van der Waals surface area contributed by atoms with Crippen LogP contribution in [-0.4, -0.2) is 27.2 Å². The molecule has 3 nitrogen and oxygen atoms in total. The number of alkyl halides is 1. The summed E-state index contributed by atoms with van der Waals surface area (Å²) in [6, 6.07) is 0. The fraction of sp³-hybridized carbons (Fsp3) is 0.800. The lowest BCUT2D eigenvalue weighted by Crippen LogP contribution is -2.23. The molecule has 0 saturated carbocycles. The number of carbonyl (C=O) groups excluding carboxylic acids is 1. The summed E-state index contributed by atoms with van der Waals surface area (Å²) in [5.74, 6) is -0.498. The van der Waals surface area contributed by atoms with Gasteiger partial charge in [-0.2, -0.15) is 0 Å². The van der Waals surface area contributed by atoms with E-state index in [-0.39, 0.29) is 10.0 Å². The molecule has 9 heavy (non-hydrogen) atoms. The fourth-order valence-corrected chi connectivity index (χ4v) is 1.15. The second kappa shape index (κ2) is 2.42. The van der Waals surface area contributed by atoms with Crippen LogP contribution in [0.4, 0.5) is 0 Å². The molecule has 1 saturated heterocycles. The molecule has 1 aliphatic heterocycles. The van der Waals surface area contributed by atoms with Crippen molar-refractivity contribution < 1.29 is 14.6 Å². The Balaban J connectivity index is 2.65. The Hall–Kier alpha value is 0.160. The van der Waals surface area contributed by atoms with E-state index in [2.05, 4.69) is 4.74 Å². The Kier molecular flexibility index (Phi) is 1.95. The van der Waals surface area contributed by atoms with E-state index in [1.807, 2.05) is 22.6 Å². The number of hydrogen-bond donors (Lipinski definition) is 1. The number of ether oxygens (including phenoxy) is 1. The van der Waals surface area contributed by atoms with E-state index in [4.69, 9.17) is 5.11 Å². The molecule has 0 aromatic rings. The number of aliphatic hydroxyl groups is 1. The molecule has 0 spiro atoms. The molecular weight excluding hydrogens is 235 g/mol. The summed E-state index contributed by atoms with van der Waals surface area (Å²) in [6.07, 6.45) is -1.06. The standard InChI is InChI=1S/C5H7IO3/c1-2-3(6)4(7)5(8)9-2/h2-4,7H,1H3. The van der Waals surface area contributed by atoms with Crippen molar-refractivity contribution >= 4 is 28.6 Å². The van der Waals surface area contributed by atoms with Crippen LogP contribution in [0, 0.1) is 0 Å². The van der Waals surface area contributed by atoms with Crippen molar-refractivity contribution in [3.63, 3.8) is 0 Å². The van der Waals surface area contributed by atoms with Crippen LogP contribution in [0.3, 0.4) is 0 Å². The first-order chi connectivity index (χ1) is 4.13. The predicted molar refractivity (Wildman–Crippen MR) is 39.4 cm³/mol. The zero-order chi connectivity index (χ0) is 7.02. The SMILES string of the molecule is CC1OC(=O)C(O)C1I. The first-order valence-electron chi connectivity index (χ1n) is 2.65. The monoisotopic (exact) mass is 242 g/mol. The van der Waals surface area contributed by atoms with Crippen LogP contribution in [0.25, 0.3) is 0 Å². The van der Waals surface area contributed by atoms with Crippen LogP contribution in [0.5, 0.6) is 0 Å². The molecule has 0 amide bonds. The topological polar surface area (TPSA) is 46.5 Å². The maximum absolute atomic E-state index is 10.5. The highest BCUT2D eigenvalue weighted by atomic mass is 127. The molecule has 0 aromatic carbocycles. The minimum Gasteiger partial charge on any atom is -0.459 e. The lowest BCUT2D eigenvalue weighted by Gasteiger charge is -2.03. The van der Waals surface area contributed by atoms with E-state index in [9.17, 15) is 4.79 Å². The molecule has 1 heterocycles. The van der Waals surface area contributed by atoms with Crippen molar-refractivity contribution in [2.45, 2.75) is 23.1 Å². The predicted octanol–water partition coefficient (Wildman–Crippen LogP) is 0.0962. The maximum atomic E-state index is 10.5. The van der Waals surface area contributed by atoms with Crippen LogP contribution >= 0.6 is 22.6 Å². The van der Waals surface area contributed by atoms with E-state index in [0.717, 1.165) is 0 Å². The first kappa shape index (κ1) is 7.27. The molecule has 0 aromatic heterocycles. The molecule has 1 rings (SSSR count). The zero-order valence-electron chi connectivity index (χ0n) is 4.87. The maximum Gasteiger partial charge on any atom is 0.336 e. The van der Waals surface area contributed by atoms with E-state index < -0.39 is 12.1 Å². The lowest BCUT2D eigenvalue weighted by atomic mass is 10.2. The second-order valence-electron chi connectivity index (χ2n) is 2.03. The molecule has 52 valence electrons. The quantitative estimate of drug-likeness (QED) is 0.372. The highest BCUT2D eigenvalue weighted by Crippen LogP contribution is 2.22. The third kappa shape index (κ3) is 1.19. The minimum absolute atomic E-state index is 0.0879. The molecule has 1 fully saturated rings. The summed E-state index contributed by atoms with van der Waals surface area (Å²) in [4.78, 5) is 10.5. The number of esters is 1. The van der Waals surface area contributed by atoms with Crippen molar-refractivity contribution in [1.29, 1.82) is 0 Å². The average Bonchev–Trinajstić information content (AvgIpc) is 1.98. The van der Waals surface area contributed by atoms with Gasteiger partial charge in [0.2, 0.25) is 0 Å². The normalized spacial score (nSPS) is 43.0. The van der Waals surface area contributed by atoms with Crippen LogP contribution < -0.4 is 0 Å². The summed E-state index contributed by atoms with van der Waals surface area (Å²) in [5.41, 5.74) is 0. The largest absolute Gasteiger partial charge is 0.459 e. The first-order valence-corrected chi connectivity index (χ1v) is 3.90. The van der Waals surface area contributed by atoms with Gasteiger partial charge in [0, 0.05) is 0 Å². The summed E-state index contributed by atoms with van der Waals surface area (Å²) in [7, 11) is 0. The van der Waals surface area contributed by atoms with E-state index in [1.54, 1.807) is 6.92 Å². The van der Waals surface area contributed by atoms with Crippen LogP contribution in [-0.2, 0) is 9.53 Å². The van der Waals surface area contributed by atoms with Crippen LogP contribution in [0.1, 0.15) is 6.92 Å². The van der Waals surface area contributed by atoms with Crippen molar-refractivity contribution in [3.05, 3.63) is 0 Å². The van der Waals surface area contributed by atoms with Gasteiger partial charge in [-0.3, -0.25) is 0 Å². The van der Waals surface area contributed by atoms with Gasteiger partial charge in [-0.05, 0) is 6.92 Å². The van der Waals surface area contributed by atoms with Gasteiger partial charge >= 0.3 is 5.97 Å². The number of cyclic esters (lactones) is 1. The number of hydrogen-bond acceptors (Lipinski definition) is 3. The van der Waals surface area contributed by atoms with Gasteiger partial charge in [-0.15, -0.1) is 0 Å². The third-order valence-electron chi connectivity index (χ3n) is 1.29. The number of aliphatic hydroxyl groups excluding tert-OH is 1. The molecule has 3 atom stereocenters. The summed E-state index contributed by atoms with van der Waals surface area (Å²) in [5, 5.41) is 8.95. The highest BCUT2D eigenvalue weighted by molar-refractivity contribution is 14.1. The Morgan fingerprint density at radius 1 is 1.78 bits per heavy atom. The van der Waals surface area contributed by atoms with Crippen molar-refractivity contribution in [2.24, 2.45) is 0 Å². The van der Waals surface area contributed by atoms with Gasteiger partial charge in [-0.25, -0.2) is 4.79 Å². The second-order valence-corrected chi connectivity index (χ2v) is 3.47. The Morgan fingerprint density at radius 3 is 2.44 bits per heavy atom. The summed E-state index contributed by atoms with van der Waals surface area (Å²) < 4.78 is 4.60. The molecule has 0 aliphatic carbocycles. The Morgan fingerprint density at radius 2 is 2.33 bits per heavy atom. The smallest absolute Gasteiger partial charge is 0.336 e. The van der Waals surface area contributed by atoms with Crippen LogP contribution in [0.2, 0.25) is 0 Å². The molecule has 1 N–H and O–H groups in total. The van der Waals surface area contributed by atoms with Crippen molar-refractivity contribution in [3.8, 4) is 0 Å². The number of carbonyl (C=O) groups is 1. The number of rotatable bonds is 0. The van der Waals surface area contributed by atoms with Crippen molar-refractivity contribution in [2.75, 3.05) is 0 Å². The molecule has 1 aliphatic rings. The highest BCUT2D eigenvalue weighted by Gasteiger charge is 2.38. The van der Waals surface area contributed by atoms with E-state index in [1.165, 1.54) is 0 Å². The van der Waals surface area contributed by atoms with Gasteiger partial charge in [0.25, 0.3) is 0 Å². The van der Waals surface area contributed by atoms with Crippen LogP contribution in [0.15, 0.2) is 0 Å².